The van der Waals surface area contributed by atoms with E-state index in [0.717, 1.165) is 11.3 Å². The molecule has 3 rings (SSSR count). The fourth-order valence-electron chi connectivity index (χ4n) is 2.73. The number of thiophene rings is 1. The molecule has 148 valence electrons. The van der Waals surface area contributed by atoms with Crippen molar-refractivity contribution in [2.45, 2.75) is 20.0 Å². The molecule has 0 spiro atoms. The molecule has 1 aromatic heterocycles. The van der Waals surface area contributed by atoms with E-state index in [1.807, 2.05) is 6.07 Å². The van der Waals surface area contributed by atoms with Crippen LogP contribution in [0.1, 0.15) is 32.5 Å². The van der Waals surface area contributed by atoms with Gasteiger partial charge in [0.25, 0.3) is 11.8 Å². The fourth-order valence-corrected chi connectivity index (χ4v) is 3.83. The smallest absolute Gasteiger partial charge is 0.348 e. The maximum Gasteiger partial charge on any atom is 0.348 e. The Morgan fingerprint density at radius 2 is 1.96 bits per heavy atom. The van der Waals surface area contributed by atoms with Crippen molar-refractivity contribution in [2.75, 3.05) is 25.6 Å². The van der Waals surface area contributed by atoms with Crippen molar-refractivity contribution in [3.8, 4) is 11.5 Å². The van der Waals surface area contributed by atoms with Crippen molar-refractivity contribution in [2.24, 2.45) is 0 Å². The van der Waals surface area contributed by atoms with Gasteiger partial charge in [0.15, 0.2) is 11.5 Å². The number of fused-ring (bicyclic) bond motifs is 1. The summed E-state index contributed by atoms with van der Waals surface area (Å²) in [4.78, 5) is 37.4. The van der Waals surface area contributed by atoms with Crippen LogP contribution in [0.15, 0.2) is 24.3 Å². The number of para-hydroxylation sites is 2. The van der Waals surface area contributed by atoms with E-state index >= 15 is 0 Å². The van der Waals surface area contributed by atoms with E-state index in [2.05, 4.69) is 10.6 Å². The fraction of sp³-hybridized carbons (Fsp3) is 0.316. The van der Waals surface area contributed by atoms with Crippen LogP contribution in [0.2, 0.25) is 0 Å². The largest absolute Gasteiger partial charge is 0.485 e. The average Bonchev–Trinajstić information content (AvgIpc) is 3.03. The Bertz CT molecular complexity index is 923. The number of amides is 2. The van der Waals surface area contributed by atoms with E-state index in [1.54, 1.807) is 32.0 Å². The Hall–Kier alpha value is -3.07. The van der Waals surface area contributed by atoms with Gasteiger partial charge in [-0.15, -0.1) is 11.3 Å². The molecule has 1 aliphatic rings. The van der Waals surface area contributed by atoms with Crippen LogP contribution >= 0.6 is 11.3 Å². The Morgan fingerprint density at radius 3 is 2.64 bits per heavy atom. The number of carbonyl (C=O) groups excluding carboxylic acids is 3. The first kappa shape index (κ1) is 19.7. The normalized spacial score (nSPS) is 14.9. The highest BCUT2D eigenvalue weighted by molar-refractivity contribution is 7.18. The second-order valence-electron chi connectivity index (χ2n) is 5.91. The number of ether oxygens (including phenoxy) is 3. The molecule has 2 N–H and O–H groups in total. The van der Waals surface area contributed by atoms with Gasteiger partial charge in [0.1, 0.15) is 16.5 Å². The Morgan fingerprint density at radius 1 is 1.25 bits per heavy atom. The monoisotopic (exact) mass is 404 g/mol. The standard InChI is InChI=1S/C19H20N2O6S/c1-4-25-19(24)15-10(2)14(17(23)20-3)18(28-15)21-16(22)13-9-26-11-7-5-6-8-12(11)27-13/h5-8,13H,4,9H2,1-3H3,(H,20,23)(H,21,22)/t13-/m1/s1. The van der Waals surface area contributed by atoms with Gasteiger partial charge >= 0.3 is 5.97 Å². The maximum atomic E-state index is 12.7. The van der Waals surface area contributed by atoms with Crippen LogP contribution in [-0.2, 0) is 9.53 Å². The van der Waals surface area contributed by atoms with Crippen molar-refractivity contribution in [1.29, 1.82) is 0 Å². The van der Waals surface area contributed by atoms with Crippen LogP contribution in [0.25, 0.3) is 0 Å². The van der Waals surface area contributed by atoms with Crippen molar-refractivity contribution < 1.29 is 28.6 Å². The molecule has 0 saturated heterocycles. The number of hydrogen-bond acceptors (Lipinski definition) is 7. The summed E-state index contributed by atoms with van der Waals surface area (Å²) in [7, 11) is 1.48. The number of carbonyl (C=O) groups is 3. The van der Waals surface area contributed by atoms with Gasteiger partial charge in [-0.05, 0) is 31.5 Å². The quantitative estimate of drug-likeness (QED) is 0.742. The molecule has 0 saturated carbocycles. The molecule has 0 unspecified atom stereocenters. The predicted octanol–water partition coefficient (Wildman–Crippen LogP) is 2.37. The van der Waals surface area contributed by atoms with Crippen molar-refractivity contribution >= 4 is 34.1 Å². The zero-order chi connectivity index (χ0) is 20.3. The zero-order valence-electron chi connectivity index (χ0n) is 15.7. The minimum atomic E-state index is -0.888. The predicted molar refractivity (Wildman–Crippen MR) is 103 cm³/mol. The lowest BCUT2D eigenvalue weighted by atomic mass is 10.1. The average molecular weight is 404 g/mol. The Labute approximate surface area is 165 Å². The van der Waals surface area contributed by atoms with E-state index in [4.69, 9.17) is 14.2 Å². The number of nitrogens with one attached hydrogen (secondary N) is 2. The molecule has 0 bridgehead atoms. The summed E-state index contributed by atoms with van der Waals surface area (Å²) < 4.78 is 16.3. The van der Waals surface area contributed by atoms with Gasteiger partial charge in [0.2, 0.25) is 6.10 Å². The van der Waals surface area contributed by atoms with Crippen LogP contribution in [0.4, 0.5) is 5.00 Å². The van der Waals surface area contributed by atoms with Crippen LogP contribution in [0.3, 0.4) is 0 Å². The SMILES string of the molecule is CCOC(=O)c1sc(NC(=O)[C@H]2COc3ccccc3O2)c(C(=O)NC)c1C. The van der Waals surface area contributed by atoms with E-state index < -0.39 is 23.9 Å². The molecule has 2 aromatic rings. The Kier molecular flexibility index (Phi) is 5.84. The van der Waals surface area contributed by atoms with Gasteiger partial charge in [-0.1, -0.05) is 12.1 Å². The summed E-state index contributed by atoms with van der Waals surface area (Å²) in [5.74, 6) is -0.395. The first-order valence-electron chi connectivity index (χ1n) is 8.68. The molecule has 1 atom stereocenters. The minimum absolute atomic E-state index is 0.0350. The van der Waals surface area contributed by atoms with Crippen LogP contribution < -0.4 is 20.1 Å². The van der Waals surface area contributed by atoms with Gasteiger partial charge < -0.3 is 24.8 Å². The van der Waals surface area contributed by atoms with Gasteiger partial charge in [0, 0.05) is 7.05 Å². The number of anilines is 1. The maximum absolute atomic E-state index is 12.7. The Balaban J connectivity index is 1.85. The third-order valence-corrected chi connectivity index (χ3v) is 5.29. The lowest BCUT2D eigenvalue weighted by Gasteiger charge is -2.25. The van der Waals surface area contributed by atoms with Gasteiger partial charge in [-0.25, -0.2) is 4.79 Å². The van der Waals surface area contributed by atoms with Gasteiger partial charge in [-0.2, -0.15) is 0 Å². The summed E-state index contributed by atoms with van der Waals surface area (Å²) in [6, 6.07) is 7.05. The summed E-state index contributed by atoms with van der Waals surface area (Å²) in [5, 5.41) is 5.47. The third kappa shape index (κ3) is 3.79. The molecule has 0 fully saturated rings. The molecular weight excluding hydrogens is 384 g/mol. The van der Waals surface area contributed by atoms with Crippen molar-refractivity contribution in [3.63, 3.8) is 0 Å². The van der Waals surface area contributed by atoms with Gasteiger partial charge in [-0.3, -0.25) is 9.59 Å². The molecule has 8 nitrogen and oxygen atoms in total. The first-order valence-corrected chi connectivity index (χ1v) is 9.49. The second kappa shape index (κ2) is 8.30. The van der Waals surface area contributed by atoms with E-state index in [0.29, 0.717) is 17.1 Å². The molecule has 1 aliphatic heterocycles. The van der Waals surface area contributed by atoms with Crippen LogP contribution in [-0.4, -0.2) is 44.1 Å². The lowest BCUT2D eigenvalue weighted by Crippen LogP contribution is -2.40. The highest BCUT2D eigenvalue weighted by Crippen LogP contribution is 2.35. The number of hydrogen-bond donors (Lipinski definition) is 2. The number of rotatable bonds is 5. The summed E-state index contributed by atoms with van der Waals surface area (Å²) in [5.41, 5.74) is 0.672. The summed E-state index contributed by atoms with van der Waals surface area (Å²) >= 11 is 0.992. The summed E-state index contributed by atoms with van der Waals surface area (Å²) in [6.07, 6.45) is -0.888. The highest BCUT2D eigenvalue weighted by Gasteiger charge is 2.31. The topological polar surface area (TPSA) is 103 Å². The highest BCUT2D eigenvalue weighted by atomic mass is 32.1. The number of benzene rings is 1. The molecule has 28 heavy (non-hydrogen) atoms. The molecule has 9 heteroatoms. The van der Waals surface area contributed by atoms with E-state index in [-0.39, 0.29) is 28.7 Å². The molecule has 2 amide bonds. The zero-order valence-corrected chi connectivity index (χ0v) is 16.5. The molecule has 2 heterocycles. The molecule has 1 aromatic carbocycles. The molecular formula is C19H20N2O6S. The van der Waals surface area contributed by atoms with E-state index in [9.17, 15) is 14.4 Å². The minimum Gasteiger partial charge on any atom is -0.485 e. The van der Waals surface area contributed by atoms with Crippen molar-refractivity contribution in [3.05, 3.63) is 40.3 Å². The van der Waals surface area contributed by atoms with Crippen LogP contribution in [0.5, 0.6) is 11.5 Å². The van der Waals surface area contributed by atoms with E-state index in [1.165, 1.54) is 7.05 Å². The van der Waals surface area contributed by atoms with Gasteiger partial charge in [0.05, 0.1) is 12.2 Å². The molecule has 0 aliphatic carbocycles. The summed E-state index contributed by atoms with van der Waals surface area (Å²) in [6.45, 7) is 3.58. The third-order valence-electron chi connectivity index (χ3n) is 4.10. The lowest BCUT2D eigenvalue weighted by molar-refractivity contribution is -0.125. The number of esters is 1. The van der Waals surface area contributed by atoms with Crippen LogP contribution in [0, 0.1) is 6.92 Å². The first-order chi connectivity index (χ1) is 13.5. The molecule has 0 radical (unpaired) electrons. The second-order valence-corrected chi connectivity index (χ2v) is 6.93. The van der Waals surface area contributed by atoms with Crippen molar-refractivity contribution in [1.82, 2.24) is 5.32 Å².